The van der Waals surface area contributed by atoms with Crippen molar-refractivity contribution in [3.63, 3.8) is 0 Å². The van der Waals surface area contributed by atoms with Crippen LogP contribution in [0.25, 0.3) is 6.08 Å². The number of rotatable bonds is 3. The van der Waals surface area contributed by atoms with Gasteiger partial charge in [-0.1, -0.05) is 29.3 Å². The number of ether oxygens (including phenoxy) is 3. The van der Waals surface area contributed by atoms with Crippen LogP contribution >= 0.6 is 23.2 Å². The number of ketones is 1. The molecule has 1 atom stereocenters. The number of carbonyl (C=O) groups excluding carboxylic acids is 1. The summed E-state index contributed by atoms with van der Waals surface area (Å²) in [6.07, 6.45) is 4.07. The van der Waals surface area contributed by atoms with E-state index in [1.807, 2.05) is 13.0 Å². The summed E-state index contributed by atoms with van der Waals surface area (Å²) in [6.45, 7) is 4.69. The van der Waals surface area contributed by atoms with E-state index in [2.05, 4.69) is 4.90 Å². The van der Waals surface area contributed by atoms with Gasteiger partial charge in [0.1, 0.15) is 18.2 Å². The fourth-order valence-corrected chi connectivity index (χ4v) is 4.69. The van der Waals surface area contributed by atoms with Crippen molar-refractivity contribution in [3.8, 4) is 11.5 Å². The van der Waals surface area contributed by atoms with Gasteiger partial charge in [0.2, 0.25) is 5.78 Å². The smallest absolute Gasteiger partial charge is 0.232 e. The van der Waals surface area contributed by atoms with Gasteiger partial charge in [-0.3, -0.25) is 9.69 Å². The summed E-state index contributed by atoms with van der Waals surface area (Å²) < 4.78 is 17.8. The molecule has 5 nitrogen and oxygen atoms in total. The zero-order valence-electron chi connectivity index (χ0n) is 16.5. The summed E-state index contributed by atoms with van der Waals surface area (Å²) in [4.78, 5) is 15.3. The van der Waals surface area contributed by atoms with Crippen molar-refractivity contribution in [2.24, 2.45) is 0 Å². The molecular weight excluding hydrogens is 425 g/mol. The maximum atomic E-state index is 13.1. The average Bonchev–Trinajstić information content (AvgIpc) is 3.33. The summed E-state index contributed by atoms with van der Waals surface area (Å²) in [6, 6.07) is 7.07. The lowest BCUT2D eigenvalue weighted by Gasteiger charge is -2.31. The van der Waals surface area contributed by atoms with Gasteiger partial charge in [-0.15, -0.1) is 0 Å². The van der Waals surface area contributed by atoms with Gasteiger partial charge in [-0.25, -0.2) is 0 Å². The summed E-state index contributed by atoms with van der Waals surface area (Å²) in [5.74, 6) is 1.46. The molecule has 3 heterocycles. The maximum Gasteiger partial charge on any atom is 0.232 e. The van der Waals surface area contributed by atoms with Gasteiger partial charge in [-0.2, -0.15) is 0 Å². The first-order valence-electron chi connectivity index (χ1n) is 10.0. The highest BCUT2D eigenvalue weighted by Gasteiger charge is 2.36. The first kappa shape index (κ1) is 19.9. The van der Waals surface area contributed by atoms with Crippen molar-refractivity contribution in [1.29, 1.82) is 0 Å². The van der Waals surface area contributed by atoms with Gasteiger partial charge in [0, 0.05) is 29.7 Å². The molecule has 156 valence electrons. The van der Waals surface area contributed by atoms with Crippen LogP contribution in [0, 0.1) is 6.92 Å². The SMILES string of the molecule is Cc1cc2c(c3c1C(=O)/C(=C/c1ccc(Cl)cc1Cl)O3)CN(CC1CCCO1)CO2. The van der Waals surface area contributed by atoms with E-state index in [0.29, 0.717) is 40.2 Å². The van der Waals surface area contributed by atoms with Crippen LogP contribution < -0.4 is 9.47 Å². The third kappa shape index (κ3) is 3.60. The second-order valence-corrected chi connectivity index (χ2v) is 8.74. The van der Waals surface area contributed by atoms with Crippen molar-refractivity contribution in [3.05, 3.63) is 62.3 Å². The lowest BCUT2D eigenvalue weighted by molar-refractivity contribution is 0.0273. The molecule has 0 aliphatic carbocycles. The monoisotopic (exact) mass is 445 g/mol. The molecule has 5 rings (SSSR count). The lowest BCUT2D eigenvalue weighted by Crippen LogP contribution is -2.37. The summed E-state index contributed by atoms with van der Waals surface area (Å²) in [7, 11) is 0. The number of nitrogens with zero attached hydrogens (tertiary/aromatic N) is 1. The van der Waals surface area contributed by atoms with Crippen LogP contribution in [0.2, 0.25) is 10.0 Å². The first-order valence-corrected chi connectivity index (χ1v) is 10.8. The standard InChI is InChI=1S/C23H21Cl2NO4/c1-13-7-19-17(11-26(12-29-19)10-16-3-2-6-28-16)23-21(13)22(27)20(30-23)8-14-4-5-15(24)9-18(14)25/h4-5,7-9,16H,2-3,6,10-12H2,1H3/b20-8-. The highest BCUT2D eigenvalue weighted by Crippen LogP contribution is 2.44. The highest BCUT2D eigenvalue weighted by atomic mass is 35.5. The van der Waals surface area contributed by atoms with E-state index >= 15 is 0 Å². The Morgan fingerprint density at radius 2 is 2.13 bits per heavy atom. The van der Waals surface area contributed by atoms with Gasteiger partial charge in [0.25, 0.3) is 0 Å². The predicted octanol–water partition coefficient (Wildman–Crippen LogP) is 5.25. The fraction of sp³-hybridized carbons (Fsp3) is 0.348. The Labute approximate surface area is 185 Å². The molecule has 1 unspecified atom stereocenters. The maximum absolute atomic E-state index is 13.1. The molecule has 30 heavy (non-hydrogen) atoms. The number of Topliss-reactive ketones (excluding diaryl/α,β-unsaturated/α-hetero) is 1. The minimum atomic E-state index is -0.146. The summed E-state index contributed by atoms with van der Waals surface area (Å²) in [5, 5.41) is 1.00. The van der Waals surface area contributed by atoms with Crippen LogP contribution in [0.15, 0.2) is 30.0 Å². The third-order valence-electron chi connectivity index (χ3n) is 5.72. The van der Waals surface area contributed by atoms with E-state index in [-0.39, 0.29) is 17.6 Å². The van der Waals surface area contributed by atoms with Crippen LogP contribution in [0.5, 0.6) is 11.5 Å². The molecule has 2 aromatic rings. The normalized spacial score (nSPS) is 22.0. The minimum Gasteiger partial charge on any atom is -0.478 e. The Hall–Kier alpha value is -2.05. The van der Waals surface area contributed by atoms with Crippen molar-refractivity contribution < 1.29 is 19.0 Å². The molecule has 0 aromatic heterocycles. The zero-order valence-corrected chi connectivity index (χ0v) is 18.1. The lowest BCUT2D eigenvalue weighted by atomic mass is 9.98. The fourth-order valence-electron chi connectivity index (χ4n) is 4.23. The van der Waals surface area contributed by atoms with E-state index in [4.69, 9.17) is 37.4 Å². The number of hydrogen-bond donors (Lipinski definition) is 0. The van der Waals surface area contributed by atoms with Gasteiger partial charge in [0.05, 0.1) is 17.2 Å². The Kier molecular flexibility index (Phi) is 5.23. The molecule has 0 bridgehead atoms. The van der Waals surface area contributed by atoms with Gasteiger partial charge in [0.15, 0.2) is 5.76 Å². The second kappa shape index (κ2) is 7.89. The zero-order chi connectivity index (χ0) is 20.8. The van der Waals surface area contributed by atoms with Crippen molar-refractivity contribution in [1.82, 2.24) is 4.90 Å². The highest BCUT2D eigenvalue weighted by molar-refractivity contribution is 6.35. The number of hydrogen-bond acceptors (Lipinski definition) is 5. The molecule has 0 saturated carbocycles. The van der Waals surface area contributed by atoms with Crippen molar-refractivity contribution in [2.75, 3.05) is 19.9 Å². The topological polar surface area (TPSA) is 48.0 Å². The van der Waals surface area contributed by atoms with E-state index in [0.717, 1.165) is 42.9 Å². The third-order valence-corrected chi connectivity index (χ3v) is 6.29. The number of fused-ring (bicyclic) bond motifs is 3. The molecule has 3 aliphatic heterocycles. The molecule has 0 amide bonds. The number of carbonyl (C=O) groups is 1. The van der Waals surface area contributed by atoms with Gasteiger partial charge >= 0.3 is 0 Å². The molecular formula is C23H21Cl2NO4. The van der Waals surface area contributed by atoms with E-state index in [1.54, 1.807) is 24.3 Å². The molecule has 0 spiro atoms. The summed E-state index contributed by atoms with van der Waals surface area (Å²) >= 11 is 12.3. The quantitative estimate of drug-likeness (QED) is 0.603. The van der Waals surface area contributed by atoms with E-state index < -0.39 is 0 Å². The van der Waals surface area contributed by atoms with Gasteiger partial charge in [-0.05, 0) is 55.2 Å². The number of allylic oxidation sites excluding steroid dienone is 1. The van der Waals surface area contributed by atoms with Crippen molar-refractivity contribution in [2.45, 2.75) is 32.4 Å². The molecule has 2 aromatic carbocycles. The minimum absolute atomic E-state index is 0.146. The second-order valence-electron chi connectivity index (χ2n) is 7.90. The first-order chi connectivity index (χ1) is 14.5. The van der Waals surface area contributed by atoms with Crippen LogP contribution in [0.1, 0.15) is 39.9 Å². The van der Waals surface area contributed by atoms with Crippen LogP contribution in [0.3, 0.4) is 0 Å². The van der Waals surface area contributed by atoms with Crippen LogP contribution in [-0.4, -0.2) is 36.7 Å². The summed E-state index contributed by atoms with van der Waals surface area (Å²) in [5.41, 5.74) is 3.01. The molecule has 3 aliphatic rings. The Balaban J connectivity index is 1.46. The molecule has 7 heteroatoms. The Morgan fingerprint density at radius 3 is 2.90 bits per heavy atom. The van der Waals surface area contributed by atoms with E-state index in [9.17, 15) is 4.79 Å². The van der Waals surface area contributed by atoms with Gasteiger partial charge < -0.3 is 14.2 Å². The Morgan fingerprint density at radius 1 is 1.27 bits per heavy atom. The number of benzene rings is 2. The molecule has 0 N–H and O–H groups in total. The number of aryl methyl sites for hydroxylation is 1. The van der Waals surface area contributed by atoms with Crippen LogP contribution in [-0.2, 0) is 11.3 Å². The van der Waals surface area contributed by atoms with Crippen molar-refractivity contribution >= 4 is 35.1 Å². The largest absolute Gasteiger partial charge is 0.478 e. The molecule has 1 fully saturated rings. The molecule has 0 radical (unpaired) electrons. The van der Waals surface area contributed by atoms with Crippen LogP contribution in [0.4, 0.5) is 0 Å². The van der Waals surface area contributed by atoms with E-state index in [1.165, 1.54) is 0 Å². The average molecular weight is 446 g/mol. The Bertz CT molecular complexity index is 1060. The molecule has 1 saturated heterocycles. The number of halogens is 2. The predicted molar refractivity (Wildman–Crippen MR) is 115 cm³/mol.